The number of amides is 1. The number of carbonyl (C=O) groups excluding carboxylic acids is 1. The van der Waals surface area contributed by atoms with Crippen molar-refractivity contribution in [2.24, 2.45) is 0 Å². The lowest BCUT2D eigenvalue weighted by atomic mass is 9.95. The molecule has 0 aliphatic carbocycles. The number of sulfonamides is 1. The second-order valence-electron chi connectivity index (χ2n) is 8.66. The lowest BCUT2D eigenvalue weighted by Gasteiger charge is -2.27. The molecule has 4 rings (SSSR count). The van der Waals surface area contributed by atoms with Crippen molar-refractivity contribution in [1.29, 1.82) is 0 Å². The molecule has 0 heterocycles. The summed E-state index contributed by atoms with van der Waals surface area (Å²) in [7, 11) is -4.09. The first-order valence-corrected chi connectivity index (χ1v) is 14.0. The number of aryl methyl sites for hydroxylation is 1. The minimum Gasteiger partial charge on any atom is -0.494 e. The summed E-state index contributed by atoms with van der Waals surface area (Å²) in [5, 5.41) is 3.48. The molecule has 4 aromatic carbocycles. The molecule has 0 bridgehead atoms. The first-order chi connectivity index (χ1) is 18.3. The molecule has 1 amide bonds. The highest BCUT2D eigenvalue weighted by molar-refractivity contribution is 7.92. The Balaban J connectivity index is 1.69. The zero-order chi connectivity index (χ0) is 27.1. The summed E-state index contributed by atoms with van der Waals surface area (Å²) in [5.74, 6) is 0.154. The third-order valence-corrected chi connectivity index (χ3v) is 8.10. The number of nitrogens with zero attached hydrogens (tertiary/aromatic N) is 1. The molecule has 0 saturated heterocycles. The smallest absolute Gasteiger partial charge is 0.264 e. The molecule has 0 unspecified atom stereocenters. The molecule has 1 atom stereocenters. The minimum atomic E-state index is -4.09. The molecule has 196 valence electrons. The van der Waals surface area contributed by atoms with Crippen molar-refractivity contribution in [3.8, 4) is 5.75 Å². The van der Waals surface area contributed by atoms with Crippen LogP contribution in [0.3, 0.4) is 0 Å². The van der Waals surface area contributed by atoms with Crippen LogP contribution in [0.25, 0.3) is 0 Å². The molecule has 1 N–H and O–H groups in total. The first-order valence-electron chi connectivity index (χ1n) is 12.2. The predicted molar refractivity (Wildman–Crippen MR) is 151 cm³/mol. The van der Waals surface area contributed by atoms with Gasteiger partial charge < -0.3 is 10.1 Å². The fourth-order valence-electron chi connectivity index (χ4n) is 4.16. The van der Waals surface area contributed by atoms with Crippen molar-refractivity contribution in [1.82, 2.24) is 5.32 Å². The highest BCUT2D eigenvalue weighted by atomic mass is 35.5. The Kier molecular flexibility index (Phi) is 8.71. The second-order valence-corrected chi connectivity index (χ2v) is 11.0. The van der Waals surface area contributed by atoms with E-state index >= 15 is 0 Å². The van der Waals surface area contributed by atoms with Crippen LogP contribution in [-0.2, 0) is 14.8 Å². The third-order valence-electron chi connectivity index (χ3n) is 6.06. The zero-order valence-electron chi connectivity index (χ0n) is 21.2. The Labute approximate surface area is 228 Å². The van der Waals surface area contributed by atoms with E-state index in [9.17, 15) is 13.2 Å². The van der Waals surface area contributed by atoms with Crippen molar-refractivity contribution in [3.63, 3.8) is 0 Å². The van der Waals surface area contributed by atoms with Gasteiger partial charge in [0.25, 0.3) is 10.0 Å². The molecular formula is C30H29ClN2O4S. The van der Waals surface area contributed by atoms with Gasteiger partial charge in [-0.05, 0) is 79.1 Å². The van der Waals surface area contributed by atoms with Gasteiger partial charge >= 0.3 is 0 Å². The summed E-state index contributed by atoms with van der Waals surface area (Å²) in [6.07, 6.45) is 0. The first kappa shape index (κ1) is 27.2. The van der Waals surface area contributed by atoms with Crippen molar-refractivity contribution >= 4 is 33.2 Å². The van der Waals surface area contributed by atoms with E-state index in [-0.39, 0.29) is 4.90 Å². The number of halogens is 1. The van der Waals surface area contributed by atoms with Crippen LogP contribution in [0.2, 0.25) is 5.02 Å². The Bertz CT molecular complexity index is 1480. The van der Waals surface area contributed by atoms with Gasteiger partial charge in [-0.2, -0.15) is 0 Å². The van der Waals surface area contributed by atoms with Gasteiger partial charge in [0, 0.05) is 5.02 Å². The summed E-state index contributed by atoms with van der Waals surface area (Å²) in [6.45, 7) is 3.91. The standard InChI is InChI=1S/C30H29ClN2O4S/c1-3-37-26-17-15-25(16-18-26)33(38(35,36)27-19-13-24(31)14-20-27)21-29(34)32-30(23-10-5-4-6-11-23)28-12-8-7-9-22(28)2/h4-20,30H,3,21H2,1-2H3,(H,32,34)/t30-/m0/s1. The number of hydrogen-bond acceptors (Lipinski definition) is 4. The second kappa shape index (κ2) is 12.2. The van der Waals surface area contributed by atoms with Gasteiger partial charge in [-0.1, -0.05) is 66.2 Å². The number of hydrogen-bond donors (Lipinski definition) is 1. The van der Waals surface area contributed by atoms with Crippen molar-refractivity contribution < 1.29 is 17.9 Å². The molecule has 0 aliphatic heterocycles. The quantitative estimate of drug-likeness (QED) is 0.258. The van der Waals surface area contributed by atoms with Gasteiger partial charge in [0.1, 0.15) is 12.3 Å². The van der Waals surface area contributed by atoms with Crippen LogP contribution in [-0.4, -0.2) is 27.5 Å². The number of anilines is 1. The fraction of sp³-hybridized carbons (Fsp3) is 0.167. The number of nitrogens with one attached hydrogen (secondary N) is 1. The van der Waals surface area contributed by atoms with Crippen LogP contribution < -0.4 is 14.4 Å². The monoisotopic (exact) mass is 548 g/mol. The Hall–Kier alpha value is -3.81. The van der Waals surface area contributed by atoms with Crippen LogP contribution in [0.1, 0.15) is 29.7 Å². The van der Waals surface area contributed by atoms with E-state index in [1.807, 2.05) is 68.4 Å². The van der Waals surface area contributed by atoms with Gasteiger partial charge in [0.2, 0.25) is 5.91 Å². The number of benzene rings is 4. The molecule has 4 aromatic rings. The summed E-state index contributed by atoms with van der Waals surface area (Å²) in [6, 6.07) is 29.4. The molecule has 0 radical (unpaired) electrons. The average molecular weight is 549 g/mol. The third kappa shape index (κ3) is 6.36. The maximum absolute atomic E-state index is 13.7. The normalized spacial score (nSPS) is 12.0. The molecule has 0 saturated carbocycles. The number of carbonyl (C=O) groups is 1. The molecule has 0 spiro atoms. The van der Waals surface area contributed by atoms with Gasteiger partial charge in [-0.15, -0.1) is 0 Å². The zero-order valence-corrected chi connectivity index (χ0v) is 22.7. The van der Waals surface area contributed by atoms with Gasteiger partial charge in [-0.25, -0.2) is 8.42 Å². The van der Waals surface area contributed by atoms with E-state index in [2.05, 4.69) is 5.32 Å². The van der Waals surface area contributed by atoms with E-state index in [1.54, 1.807) is 24.3 Å². The van der Waals surface area contributed by atoms with Crippen molar-refractivity contribution in [2.45, 2.75) is 24.8 Å². The molecule has 0 aromatic heterocycles. The summed E-state index contributed by atoms with van der Waals surface area (Å²) < 4.78 is 34.1. The summed E-state index contributed by atoms with van der Waals surface area (Å²) >= 11 is 5.99. The SMILES string of the molecule is CCOc1ccc(N(CC(=O)N[C@@H](c2ccccc2)c2ccccc2C)S(=O)(=O)c2ccc(Cl)cc2)cc1. The van der Waals surface area contributed by atoms with Crippen LogP contribution in [0.4, 0.5) is 5.69 Å². The largest absolute Gasteiger partial charge is 0.494 e. The molecule has 0 fully saturated rings. The molecule has 0 aliphatic rings. The molecule has 38 heavy (non-hydrogen) atoms. The van der Waals surface area contributed by atoms with Crippen molar-refractivity contribution in [2.75, 3.05) is 17.5 Å². The van der Waals surface area contributed by atoms with Crippen LogP contribution in [0, 0.1) is 6.92 Å². The Morgan fingerprint density at radius 2 is 1.53 bits per heavy atom. The van der Waals surface area contributed by atoms with E-state index < -0.39 is 28.5 Å². The highest BCUT2D eigenvalue weighted by Crippen LogP contribution is 2.28. The average Bonchev–Trinajstić information content (AvgIpc) is 2.92. The fourth-order valence-corrected chi connectivity index (χ4v) is 5.70. The number of ether oxygens (including phenoxy) is 1. The lowest BCUT2D eigenvalue weighted by molar-refractivity contribution is -0.120. The maximum atomic E-state index is 13.7. The molecule has 6 nitrogen and oxygen atoms in total. The molecular weight excluding hydrogens is 520 g/mol. The van der Waals surface area contributed by atoms with E-state index in [0.29, 0.717) is 23.1 Å². The number of rotatable bonds is 10. The van der Waals surface area contributed by atoms with Crippen molar-refractivity contribution in [3.05, 3.63) is 125 Å². The van der Waals surface area contributed by atoms with Gasteiger partial charge in [0.15, 0.2) is 0 Å². The summed E-state index contributed by atoms with van der Waals surface area (Å²) in [4.78, 5) is 13.6. The Morgan fingerprint density at radius 3 is 2.16 bits per heavy atom. The van der Waals surface area contributed by atoms with E-state index in [4.69, 9.17) is 16.3 Å². The minimum absolute atomic E-state index is 0.0297. The van der Waals surface area contributed by atoms with Crippen LogP contribution in [0.5, 0.6) is 5.75 Å². The Morgan fingerprint density at radius 1 is 0.895 bits per heavy atom. The van der Waals surface area contributed by atoms with Gasteiger partial charge in [-0.3, -0.25) is 9.10 Å². The van der Waals surface area contributed by atoms with Crippen LogP contribution >= 0.6 is 11.6 Å². The predicted octanol–water partition coefficient (Wildman–Crippen LogP) is 6.15. The van der Waals surface area contributed by atoms with Crippen LogP contribution in [0.15, 0.2) is 108 Å². The maximum Gasteiger partial charge on any atom is 0.264 e. The lowest BCUT2D eigenvalue weighted by Crippen LogP contribution is -2.42. The topological polar surface area (TPSA) is 75.7 Å². The molecule has 8 heteroatoms. The van der Waals surface area contributed by atoms with E-state index in [0.717, 1.165) is 21.0 Å². The summed E-state index contributed by atoms with van der Waals surface area (Å²) in [5.41, 5.74) is 3.17. The van der Waals surface area contributed by atoms with Gasteiger partial charge in [0.05, 0.1) is 23.2 Å². The highest BCUT2D eigenvalue weighted by Gasteiger charge is 2.29. The van der Waals surface area contributed by atoms with E-state index in [1.165, 1.54) is 24.3 Å².